The molecule has 6 rings (SSSR count). The summed E-state index contributed by atoms with van der Waals surface area (Å²) in [6.07, 6.45) is 3.68. The lowest BCUT2D eigenvalue weighted by atomic mass is 10.1. The van der Waals surface area contributed by atoms with Gasteiger partial charge in [0.05, 0.1) is 18.2 Å². The number of methoxy groups -OCH3 is 1. The Morgan fingerprint density at radius 3 is 2.45 bits per heavy atom. The number of fused-ring (bicyclic) bond motifs is 1. The molecule has 0 radical (unpaired) electrons. The van der Waals surface area contributed by atoms with Gasteiger partial charge in [-0.1, -0.05) is 42.5 Å². The maximum Gasteiger partial charge on any atom is 0.254 e. The third-order valence-corrected chi connectivity index (χ3v) is 6.92. The topological polar surface area (TPSA) is 63.5 Å². The largest absolute Gasteiger partial charge is 0.497 e. The van der Waals surface area contributed by atoms with Crippen molar-refractivity contribution in [3.63, 3.8) is 0 Å². The summed E-state index contributed by atoms with van der Waals surface area (Å²) in [5.74, 6) is 1.02. The van der Waals surface area contributed by atoms with Crippen molar-refractivity contribution in [2.75, 3.05) is 38.2 Å². The van der Waals surface area contributed by atoms with Gasteiger partial charge < -0.3 is 19.1 Å². The number of ether oxygens (including phenoxy) is 1. The molecule has 3 aromatic carbocycles. The molecular weight excluding hydrogens is 481 g/mol. The number of rotatable bonds is 5. The van der Waals surface area contributed by atoms with Gasteiger partial charge in [0.25, 0.3) is 5.91 Å². The lowest BCUT2D eigenvalue weighted by Crippen LogP contribution is -2.49. The van der Waals surface area contributed by atoms with Crippen LogP contribution in [0.2, 0.25) is 0 Å². The molecule has 5 aromatic rings. The second-order valence-corrected chi connectivity index (χ2v) is 9.17. The Labute approximate surface area is 219 Å². The van der Waals surface area contributed by atoms with Crippen LogP contribution in [0, 0.1) is 5.82 Å². The Hall–Kier alpha value is -4.72. The predicted octanol–water partition coefficient (Wildman–Crippen LogP) is 5.20. The monoisotopic (exact) mass is 507 g/mol. The third kappa shape index (κ3) is 4.34. The minimum absolute atomic E-state index is 0.161. The van der Waals surface area contributed by atoms with Crippen LogP contribution in [0.4, 0.5) is 10.2 Å². The van der Waals surface area contributed by atoms with Crippen LogP contribution in [-0.4, -0.2) is 58.6 Å². The highest BCUT2D eigenvalue weighted by molar-refractivity contribution is 6.02. The zero-order chi connectivity index (χ0) is 26.1. The van der Waals surface area contributed by atoms with Crippen molar-refractivity contribution >= 4 is 22.8 Å². The summed E-state index contributed by atoms with van der Waals surface area (Å²) in [6, 6.07) is 23.9. The highest BCUT2D eigenvalue weighted by Gasteiger charge is 2.26. The van der Waals surface area contributed by atoms with Gasteiger partial charge >= 0.3 is 0 Å². The number of halogens is 1. The summed E-state index contributed by atoms with van der Waals surface area (Å²) >= 11 is 0. The summed E-state index contributed by atoms with van der Waals surface area (Å²) in [4.78, 5) is 26.3. The van der Waals surface area contributed by atoms with Gasteiger partial charge in [-0.25, -0.2) is 14.4 Å². The van der Waals surface area contributed by atoms with E-state index in [4.69, 9.17) is 14.7 Å². The summed E-state index contributed by atoms with van der Waals surface area (Å²) in [7, 11) is 1.65. The molecular formula is C30H26FN5O2. The molecule has 0 unspecified atom stereocenters. The van der Waals surface area contributed by atoms with Crippen LogP contribution >= 0.6 is 0 Å². The fraction of sp³-hybridized carbons (Fsp3) is 0.167. The van der Waals surface area contributed by atoms with Crippen LogP contribution in [0.15, 0.2) is 91.4 Å². The second kappa shape index (κ2) is 9.97. The number of carbonyl (C=O) groups excluding carboxylic acids is 1. The number of benzene rings is 3. The van der Waals surface area contributed by atoms with Crippen LogP contribution in [0.1, 0.15) is 10.4 Å². The van der Waals surface area contributed by atoms with E-state index in [9.17, 15) is 9.18 Å². The number of nitrogens with zero attached hydrogens (tertiary/aromatic N) is 5. The number of carbonyl (C=O) groups is 1. The van der Waals surface area contributed by atoms with E-state index < -0.39 is 5.82 Å². The van der Waals surface area contributed by atoms with Crippen molar-refractivity contribution in [3.05, 3.63) is 103 Å². The van der Waals surface area contributed by atoms with Crippen LogP contribution < -0.4 is 9.64 Å². The molecule has 1 fully saturated rings. The number of aromatic nitrogens is 3. The van der Waals surface area contributed by atoms with Crippen molar-refractivity contribution in [3.8, 4) is 22.6 Å². The van der Waals surface area contributed by atoms with Gasteiger partial charge in [-0.3, -0.25) is 4.79 Å². The molecule has 1 amide bonds. The van der Waals surface area contributed by atoms with E-state index in [1.807, 2.05) is 42.5 Å². The number of anilines is 1. The second-order valence-electron chi connectivity index (χ2n) is 9.17. The van der Waals surface area contributed by atoms with Crippen molar-refractivity contribution in [1.82, 2.24) is 19.4 Å². The van der Waals surface area contributed by atoms with Gasteiger partial charge in [-0.2, -0.15) is 0 Å². The average molecular weight is 508 g/mol. The van der Waals surface area contributed by atoms with E-state index in [0.29, 0.717) is 31.7 Å². The molecule has 1 aliphatic heterocycles. The number of hydrogen-bond acceptors (Lipinski definition) is 5. The van der Waals surface area contributed by atoms with Gasteiger partial charge in [0.1, 0.15) is 23.7 Å². The van der Waals surface area contributed by atoms with E-state index in [2.05, 4.69) is 27.8 Å². The molecule has 0 bridgehead atoms. The fourth-order valence-electron chi connectivity index (χ4n) is 5.00. The number of amides is 1. The molecule has 0 aliphatic carbocycles. The number of hydrogen-bond donors (Lipinski definition) is 0. The molecule has 0 atom stereocenters. The predicted molar refractivity (Wildman–Crippen MR) is 145 cm³/mol. The highest BCUT2D eigenvalue weighted by Crippen LogP contribution is 2.37. The molecule has 0 saturated carbocycles. The lowest BCUT2D eigenvalue weighted by molar-refractivity contribution is 0.0746. The SMILES string of the molecule is COc1cccc(-n2cc(-c3ccccc3)c3c(N4CCN(C(=O)c5cccc(F)c5)CC4)ncnc32)c1. The maximum atomic E-state index is 13.7. The van der Waals surface area contributed by atoms with Gasteiger partial charge in [0.2, 0.25) is 0 Å². The van der Waals surface area contributed by atoms with Crippen molar-refractivity contribution in [1.29, 1.82) is 0 Å². The molecule has 0 spiro atoms. The Balaban J connectivity index is 1.38. The van der Waals surface area contributed by atoms with E-state index in [1.165, 1.54) is 12.1 Å². The Morgan fingerprint density at radius 1 is 0.895 bits per heavy atom. The first-order valence-corrected chi connectivity index (χ1v) is 12.5. The van der Waals surface area contributed by atoms with E-state index in [0.717, 1.165) is 39.4 Å². The van der Waals surface area contributed by atoms with E-state index in [1.54, 1.807) is 30.5 Å². The average Bonchev–Trinajstić information content (AvgIpc) is 3.37. The minimum Gasteiger partial charge on any atom is -0.497 e. The van der Waals surface area contributed by atoms with E-state index >= 15 is 0 Å². The van der Waals surface area contributed by atoms with Gasteiger partial charge in [0, 0.05) is 49.6 Å². The molecule has 8 heteroatoms. The standard InChI is InChI=1S/C30H26FN5O2/c1-38-25-12-6-11-24(18-25)36-19-26(21-7-3-2-4-8-21)27-28(32-20-33-29(27)36)34-13-15-35(16-14-34)30(37)22-9-5-10-23(31)17-22/h2-12,17-20H,13-16H2,1H3. The summed E-state index contributed by atoms with van der Waals surface area (Å²) < 4.78 is 21.2. The summed E-state index contributed by atoms with van der Waals surface area (Å²) in [5, 5.41) is 0.950. The Morgan fingerprint density at radius 2 is 1.68 bits per heavy atom. The van der Waals surface area contributed by atoms with Crippen molar-refractivity contribution in [2.24, 2.45) is 0 Å². The van der Waals surface area contributed by atoms with Crippen LogP contribution in [0.25, 0.3) is 27.8 Å². The highest BCUT2D eigenvalue weighted by atomic mass is 19.1. The first kappa shape index (κ1) is 23.7. The first-order valence-electron chi connectivity index (χ1n) is 12.5. The van der Waals surface area contributed by atoms with Gasteiger partial charge in [-0.05, 0) is 35.9 Å². The molecule has 0 N–H and O–H groups in total. The lowest BCUT2D eigenvalue weighted by Gasteiger charge is -2.35. The third-order valence-electron chi connectivity index (χ3n) is 6.92. The quantitative estimate of drug-likeness (QED) is 0.327. The molecule has 38 heavy (non-hydrogen) atoms. The molecule has 1 saturated heterocycles. The van der Waals surface area contributed by atoms with Crippen molar-refractivity contribution < 1.29 is 13.9 Å². The molecule has 3 heterocycles. The number of piperazine rings is 1. The van der Waals surface area contributed by atoms with Crippen molar-refractivity contribution in [2.45, 2.75) is 0 Å². The Bertz CT molecular complexity index is 1610. The zero-order valence-corrected chi connectivity index (χ0v) is 20.9. The van der Waals surface area contributed by atoms with Gasteiger partial charge in [-0.15, -0.1) is 0 Å². The van der Waals surface area contributed by atoms with Gasteiger partial charge in [0.15, 0.2) is 5.65 Å². The fourth-order valence-corrected chi connectivity index (χ4v) is 5.00. The first-order chi connectivity index (χ1) is 18.6. The zero-order valence-electron chi connectivity index (χ0n) is 20.9. The van der Waals surface area contributed by atoms with E-state index in [-0.39, 0.29) is 5.91 Å². The van der Waals surface area contributed by atoms with Crippen LogP contribution in [0.5, 0.6) is 5.75 Å². The normalized spacial score (nSPS) is 13.6. The Kier molecular flexibility index (Phi) is 6.21. The molecule has 7 nitrogen and oxygen atoms in total. The van der Waals surface area contributed by atoms with Crippen LogP contribution in [-0.2, 0) is 0 Å². The smallest absolute Gasteiger partial charge is 0.254 e. The molecule has 2 aromatic heterocycles. The summed E-state index contributed by atoms with van der Waals surface area (Å²) in [6.45, 7) is 2.23. The van der Waals surface area contributed by atoms with Crippen LogP contribution in [0.3, 0.4) is 0 Å². The maximum absolute atomic E-state index is 13.7. The molecule has 190 valence electrons. The summed E-state index contributed by atoms with van der Waals surface area (Å²) in [5.41, 5.74) is 4.18. The molecule has 1 aliphatic rings. The minimum atomic E-state index is -0.410.